The first-order chi connectivity index (χ1) is 14.1. The van der Waals surface area contributed by atoms with Crippen LogP contribution in [0.4, 0.5) is 10.1 Å². The van der Waals surface area contributed by atoms with Crippen molar-refractivity contribution in [3.05, 3.63) is 72.2 Å². The highest BCUT2D eigenvalue weighted by molar-refractivity contribution is 5.97. The van der Waals surface area contributed by atoms with Crippen molar-refractivity contribution >= 4 is 28.4 Å². The molecule has 7 heteroatoms. The van der Waals surface area contributed by atoms with E-state index >= 15 is 0 Å². The number of aromatic nitrogens is 1. The van der Waals surface area contributed by atoms with E-state index in [1.54, 1.807) is 11.1 Å². The fourth-order valence-electron chi connectivity index (χ4n) is 3.42. The molecule has 1 aliphatic heterocycles. The molecule has 1 saturated heterocycles. The normalized spacial score (nSPS) is 14.7. The number of carbonyl (C=O) groups is 2. The summed E-state index contributed by atoms with van der Waals surface area (Å²) in [5.41, 5.74) is 2.00. The number of halogens is 1. The monoisotopic (exact) mass is 392 g/mol. The van der Waals surface area contributed by atoms with Crippen LogP contribution in [0, 0.1) is 5.82 Å². The van der Waals surface area contributed by atoms with Crippen LogP contribution in [-0.4, -0.2) is 59.3 Å². The van der Waals surface area contributed by atoms with Gasteiger partial charge < -0.3 is 10.2 Å². The Labute approximate surface area is 167 Å². The molecule has 1 aliphatic rings. The third-order valence-electron chi connectivity index (χ3n) is 4.99. The van der Waals surface area contributed by atoms with E-state index in [1.807, 2.05) is 35.2 Å². The maximum Gasteiger partial charge on any atom is 0.255 e. The van der Waals surface area contributed by atoms with Gasteiger partial charge in [-0.25, -0.2) is 4.39 Å². The van der Waals surface area contributed by atoms with Gasteiger partial charge in [-0.3, -0.25) is 19.5 Å². The number of fused-ring (bicyclic) bond motifs is 1. The lowest BCUT2D eigenvalue weighted by molar-refractivity contribution is -0.117. The number of rotatable bonds is 4. The van der Waals surface area contributed by atoms with Crippen LogP contribution in [0.15, 0.2) is 60.8 Å². The van der Waals surface area contributed by atoms with Gasteiger partial charge in [-0.05, 0) is 36.4 Å². The molecule has 29 heavy (non-hydrogen) atoms. The number of hydrogen-bond acceptors (Lipinski definition) is 4. The predicted octanol–water partition coefficient (Wildman–Crippen LogP) is 2.77. The van der Waals surface area contributed by atoms with Crippen molar-refractivity contribution in [2.24, 2.45) is 0 Å². The van der Waals surface area contributed by atoms with Crippen LogP contribution in [0.3, 0.4) is 0 Å². The molecule has 1 aromatic heterocycles. The number of benzene rings is 2. The van der Waals surface area contributed by atoms with Crippen LogP contribution in [0.1, 0.15) is 10.4 Å². The molecule has 0 aliphatic carbocycles. The number of hydrogen-bond donors (Lipinski definition) is 1. The van der Waals surface area contributed by atoms with E-state index in [9.17, 15) is 14.0 Å². The molecule has 0 atom stereocenters. The minimum atomic E-state index is -0.342. The van der Waals surface area contributed by atoms with Crippen LogP contribution in [0.5, 0.6) is 0 Å². The van der Waals surface area contributed by atoms with Gasteiger partial charge in [-0.2, -0.15) is 0 Å². The number of piperazine rings is 1. The van der Waals surface area contributed by atoms with Gasteiger partial charge in [0.1, 0.15) is 5.82 Å². The molecule has 0 spiro atoms. The lowest BCUT2D eigenvalue weighted by Gasteiger charge is -2.34. The summed E-state index contributed by atoms with van der Waals surface area (Å²) in [6.07, 6.45) is 1.62. The number of amides is 2. The number of anilines is 1. The summed E-state index contributed by atoms with van der Waals surface area (Å²) in [7, 11) is 0. The van der Waals surface area contributed by atoms with Gasteiger partial charge >= 0.3 is 0 Å². The zero-order chi connectivity index (χ0) is 20.2. The van der Waals surface area contributed by atoms with E-state index < -0.39 is 0 Å². The first-order valence-corrected chi connectivity index (χ1v) is 9.50. The summed E-state index contributed by atoms with van der Waals surface area (Å²) in [6, 6.07) is 15.2. The zero-order valence-corrected chi connectivity index (χ0v) is 15.8. The molecule has 4 rings (SSSR count). The average Bonchev–Trinajstić information content (AvgIpc) is 2.75. The van der Waals surface area contributed by atoms with Crippen molar-refractivity contribution in [1.29, 1.82) is 0 Å². The Morgan fingerprint density at radius 2 is 1.72 bits per heavy atom. The molecule has 0 unspecified atom stereocenters. The summed E-state index contributed by atoms with van der Waals surface area (Å²) >= 11 is 0. The first-order valence-electron chi connectivity index (χ1n) is 9.50. The third-order valence-corrected chi connectivity index (χ3v) is 4.99. The Hall–Kier alpha value is -3.32. The molecule has 2 amide bonds. The molecule has 6 nitrogen and oxygen atoms in total. The quantitative estimate of drug-likeness (QED) is 0.742. The average molecular weight is 392 g/mol. The molecule has 2 aromatic carbocycles. The molecule has 1 N–H and O–H groups in total. The van der Waals surface area contributed by atoms with Crippen molar-refractivity contribution in [2.75, 3.05) is 38.0 Å². The van der Waals surface area contributed by atoms with E-state index in [4.69, 9.17) is 0 Å². The second kappa shape index (κ2) is 8.36. The van der Waals surface area contributed by atoms with E-state index in [-0.39, 0.29) is 24.2 Å². The van der Waals surface area contributed by atoms with Gasteiger partial charge in [0.2, 0.25) is 5.91 Å². The Morgan fingerprint density at radius 3 is 2.48 bits per heavy atom. The second-order valence-corrected chi connectivity index (χ2v) is 7.04. The van der Waals surface area contributed by atoms with E-state index in [1.165, 1.54) is 24.3 Å². The van der Waals surface area contributed by atoms with Gasteiger partial charge in [-0.1, -0.05) is 18.2 Å². The molecular weight excluding hydrogens is 371 g/mol. The third kappa shape index (κ3) is 4.57. The Kier molecular flexibility index (Phi) is 5.48. The van der Waals surface area contributed by atoms with Gasteiger partial charge in [0.15, 0.2) is 0 Å². The fourth-order valence-corrected chi connectivity index (χ4v) is 3.42. The summed E-state index contributed by atoms with van der Waals surface area (Å²) < 4.78 is 12.9. The predicted molar refractivity (Wildman–Crippen MR) is 109 cm³/mol. The highest BCUT2D eigenvalue weighted by Crippen LogP contribution is 2.15. The maximum atomic E-state index is 12.9. The summed E-state index contributed by atoms with van der Waals surface area (Å²) in [5, 5.41) is 3.70. The number of pyridine rings is 1. The maximum absolute atomic E-state index is 12.9. The van der Waals surface area contributed by atoms with Crippen molar-refractivity contribution < 1.29 is 14.0 Å². The van der Waals surface area contributed by atoms with Crippen LogP contribution in [0.25, 0.3) is 10.9 Å². The van der Waals surface area contributed by atoms with Gasteiger partial charge in [-0.15, -0.1) is 0 Å². The van der Waals surface area contributed by atoms with Crippen LogP contribution in [-0.2, 0) is 4.79 Å². The lowest BCUT2D eigenvalue weighted by Crippen LogP contribution is -2.50. The molecule has 0 saturated carbocycles. The van der Waals surface area contributed by atoms with E-state index in [0.717, 1.165) is 10.9 Å². The van der Waals surface area contributed by atoms with Crippen molar-refractivity contribution in [3.8, 4) is 0 Å². The second-order valence-electron chi connectivity index (χ2n) is 7.04. The van der Waals surface area contributed by atoms with Gasteiger partial charge in [0, 0.05) is 43.4 Å². The minimum Gasteiger partial charge on any atom is -0.336 e. The number of carbonyl (C=O) groups excluding carboxylic acids is 2. The molecule has 3 aromatic rings. The van der Waals surface area contributed by atoms with Crippen molar-refractivity contribution in [1.82, 2.24) is 14.8 Å². The van der Waals surface area contributed by atoms with Crippen molar-refractivity contribution in [3.63, 3.8) is 0 Å². The highest BCUT2D eigenvalue weighted by Gasteiger charge is 2.23. The van der Waals surface area contributed by atoms with Crippen LogP contribution < -0.4 is 5.32 Å². The molecule has 0 radical (unpaired) electrons. The Morgan fingerprint density at radius 1 is 1.00 bits per heavy atom. The largest absolute Gasteiger partial charge is 0.336 e. The van der Waals surface area contributed by atoms with Crippen LogP contribution >= 0.6 is 0 Å². The first kappa shape index (κ1) is 19.0. The Bertz CT molecular complexity index is 1030. The number of nitrogens with one attached hydrogen (secondary N) is 1. The van der Waals surface area contributed by atoms with Gasteiger partial charge in [0.05, 0.1) is 17.6 Å². The number of nitrogens with zero attached hydrogens (tertiary/aromatic N) is 3. The zero-order valence-electron chi connectivity index (χ0n) is 15.8. The summed E-state index contributed by atoms with van der Waals surface area (Å²) in [4.78, 5) is 33.1. The SMILES string of the molecule is O=C(CN1CCN(C(=O)c2cnc3ccccc3c2)CC1)Nc1ccc(F)cc1. The van der Waals surface area contributed by atoms with Gasteiger partial charge in [0.25, 0.3) is 5.91 Å². The fraction of sp³-hybridized carbons (Fsp3) is 0.227. The Balaban J connectivity index is 1.30. The minimum absolute atomic E-state index is 0.0429. The standard InChI is InChI=1S/C22H21FN4O2/c23-18-5-7-19(8-6-18)25-21(28)15-26-9-11-27(12-10-26)22(29)17-13-16-3-1-2-4-20(16)24-14-17/h1-8,13-14H,9-12,15H2,(H,25,28). The topological polar surface area (TPSA) is 65.5 Å². The molecular formula is C22H21FN4O2. The molecule has 0 bridgehead atoms. The summed E-state index contributed by atoms with van der Waals surface area (Å²) in [5.74, 6) is -0.542. The van der Waals surface area contributed by atoms with Crippen LogP contribution in [0.2, 0.25) is 0 Å². The van der Waals surface area contributed by atoms with E-state index in [2.05, 4.69) is 10.3 Å². The number of para-hydroxylation sites is 1. The lowest BCUT2D eigenvalue weighted by atomic mass is 10.1. The summed E-state index contributed by atoms with van der Waals surface area (Å²) in [6.45, 7) is 2.56. The van der Waals surface area contributed by atoms with E-state index in [0.29, 0.717) is 37.4 Å². The van der Waals surface area contributed by atoms with Crippen molar-refractivity contribution in [2.45, 2.75) is 0 Å². The highest BCUT2D eigenvalue weighted by atomic mass is 19.1. The molecule has 1 fully saturated rings. The molecule has 2 heterocycles. The molecule has 148 valence electrons. The smallest absolute Gasteiger partial charge is 0.255 e.